The van der Waals surface area contributed by atoms with Crippen LogP contribution < -0.4 is 5.32 Å². The predicted molar refractivity (Wildman–Crippen MR) is 110 cm³/mol. The highest BCUT2D eigenvalue weighted by molar-refractivity contribution is 7.20. The minimum Gasteiger partial charge on any atom is -0.310 e. The van der Waals surface area contributed by atoms with Gasteiger partial charge in [-0.1, -0.05) is 35.6 Å². The first-order valence-electron chi connectivity index (χ1n) is 9.01. The lowest BCUT2D eigenvalue weighted by molar-refractivity contribution is -0.384. The molecule has 0 radical (unpaired) electrons. The van der Waals surface area contributed by atoms with E-state index in [1.165, 1.54) is 23.5 Å². The van der Waals surface area contributed by atoms with Gasteiger partial charge in [0.05, 0.1) is 20.8 Å². The number of nitrogens with one attached hydrogen (secondary N) is 1. The number of amides is 1. The molecule has 0 spiro atoms. The van der Waals surface area contributed by atoms with Crippen molar-refractivity contribution in [2.75, 3.05) is 5.32 Å². The third kappa shape index (κ3) is 2.87. The highest BCUT2D eigenvalue weighted by Gasteiger charge is 2.33. The number of aromatic nitrogens is 3. The predicted octanol–water partition coefficient (Wildman–Crippen LogP) is 4.17. The van der Waals surface area contributed by atoms with E-state index in [0.29, 0.717) is 10.9 Å². The summed E-state index contributed by atoms with van der Waals surface area (Å²) in [5.74, 6) is 0.118. The number of non-ortho nitro benzene ring substituents is 1. The molecule has 29 heavy (non-hydrogen) atoms. The van der Waals surface area contributed by atoms with Crippen LogP contribution in [-0.2, 0) is 4.79 Å². The quantitative estimate of drug-likeness (QED) is 0.407. The fourth-order valence-corrected chi connectivity index (χ4v) is 4.70. The van der Waals surface area contributed by atoms with Crippen LogP contribution in [0, 0.1) is 17.0 Å². The van der Waals surface area contributed by atoms with E-state index < -0.39 is 4.92 Å². The monoisotopic (exact) mass is 405 g/mol. The third-order valence-corrected chi connectivity index (χ3v) is 6.06. The molecule has 144 valence electrons. The Morgan fingerprint density at radius 1 is 1.24 bits per heavy atom. The summed E-state index contributed by atoms with van der Waals surface area (Å²) in [6.07, 6.45) is 0.209. The molecule has 0 aliphatic carbocycles. The summed E-state index contributed by atoms with van der Waals surface area (Å²) >= 11 is 1.49. The average molecular weight is 405 g/mol. The van der Waals surface area contributed by atoms with Gasteiger partial charge in [-0.3, -0.25) is 14.9 Å². The molecule has 1 aliphatic rings. The lowest BCUT2D eigenvalue weighted by Gasteiger charge is -2.24. The number of hydrogen-bond acceptors (Lipinski definition) is 6. The molecule has 0 bridgehead atoms. The van der Waals surface area contributed by atoms with E-state index in [1.54, 1.807) is 10.7 Å². The SMILES string of the molecule is Cc1nn(-c2nc3ccccc3s2)c2c1[C@@H](c1cccc([N+](=O)[O-])c1)CC(=O)N2. The molecular weight excluding hydrogens is 390 g/mol. The molecule has 9 heteroatoms. The molecule has 0 saturated carbocycles. The molecule has 3 heterocycles. The van der Waals surface area contributed by atoms with Crippen molar-refractivity contribution in [3.8, 4) is 5.13 Å². The number of para-hydroxylation sites is 1. The molecule has 8 nitrogen and oxygen atoms in total. The topological polar surface area (TPSA) is 103 Å². The number of carbonyl (C=O) groups is 1. The van der Waals surface area contributed by atoms with Gasteiger partial charge in [0.2, 0.25) is 11.0 Å². The summed E-state index contributed by atoms with van der Waals surface area (Å²) in [5, 5.41) is 19.4. The zero-order chi connectivity index (χ0) is 20.1. The standard InChI is InChI=1S/C20H15N5O3S/c1-11-18-14(12-5-4-6-13(9-12)25(27)28)10-17(26)22-19(18)24(23-11)20-21-15-7-2-3-8-16(15)29-20/h2-9,14H,10H2,1H3,(H,22,26)/t14-/m1/s1. The third-order valence-electron chi connectivity index (χ3n) is 5.05. The highest BCUT2D eigenvalue weighted by Crippen LogP contribution is 2.41. The van der Waals surface area contributed by atoms with E-state index in [4.69, 9.17) is 0 Å². The number of nitro groups is 1. The number of anilines is 1. The van der Waals surface area contributed by atoms with Crippen LogP contribution in [0.15, 0.2) is 48.5 Å². The molecule has 4 aromatic rings. The van der Waals surface area contributed by atoms with Crippen molar-refractivity contribution in [1.82, 2.24) is 14.8 Å². The van der Waals surface area contributed by atoms with Crippen molar-refractivity contribution in [3.63, 3.8) is 0 Å². The molecule has 1 atom stereocenters. The molecule has 2 aromatic carbocycles. The second kappa shape index (κ2) is 6.49. The number of thiazole rings is 1. The number of hydrogen-bond donors (Lipinski definition) is 1. The van der Waals surface area contributed by atoms with Crippen molar-refractivity contribution in [2.24, 2.45) is 0 Å². The highest BCUT2D eigenvalue weighted by atomic mass is 32.1. The maximum Gasteiger partial charge on any atom is 0.269 e. The normalized spacial score (nSPS) is 15.9. The van der Waals surface area contributed by atoms with Gasteiger partial charge in [-0.15, -0.1) is 0 Å². The minimum absolute atomic E-state index is 0.00579. The summed E-state index contributed by atoms with van der Waals surface area (Å²) in [6.45, 7) is 1.88. The minimum atomic E-state index is -0.426. The smallest absolute Gasteiger partial charge is 0.269 e. The number of carbonyl (C=O) groups excluding carboxylic acids is 1. The Balaban J connectivity index is 1.66. The molecule has 0 unspecified atom stereocenters. The first kappa shape index (κ1) is 17.5. The van der Waals surface area contributed by atoms with E-state index in [0.717, 1.165) is 27.0 Å². The van der Waals surface area contributed by atoms with Crippen molar-refractivity contribution >= 4 is 39.0 Å². The van der Waals surface area contributed by atoms with Gasteiger partial charge >= 0.3 is 0 Å². The average Bonchev–Trinajstić information content (AvgIpc) is 3.28. The number of aryl methyl sites for hydroxylation is 1. The molecule has 1 amide bonds. The van der Waals surface area contributed by atoms with Gasteiger partial charge in [-0.05, 0) is 24.6 Å². The summed E-state index contributed by atoms with van der Waals surface area (Å²) in [7, 11) is 0. The van der Waals surface area contributed by atoms with Crippen LogP contribution in [0.3, 0.4) is 0 Å². The van der Waals surface area contributed by atoms with Gasteiger partial charge in [0, 0.05) is 30.0 Å². The molecule has 0 fully saturated rings. The lowest BCUT2D eigenvalue weighted by Crippen LogP contribution is -2.25. The second-order valence-electron chi connectivity index (χ2n) is 6.88. The summed E-state index contributed by atoms with van der Waals surface area (Å²) in [4.78, 5) is 27.9. The van der Waals surface area contributed by atoms with E-state index >= 15 is 0 Å². The van der Waals surface area contributed by atoms with Crippen molar-refractivity contribution in [3.05, 3.63) is 75.5 Å². The zero-order valence-electron chi connectivity index (χ0n) is 15.3. The maximum atomic E-state index is 12.5. The fourth-order valence-electron chi connectivity index (χ4n) is 3.78. The molecule has 5 rings (SSSR count). The van der Waals surface area contributed by atoms with Crippen LogP contribution in [0.25, 0.3) is 15.3 Å². The van der Waals surface area contributed by atoms with Crippen LogP contribution >= 0.6 is 11.3 Å². The Hall–Kier alpha value is -3.59. The number of benzene rings is 2. The van der Waals surface area contributed by atoms with Crippen molar-refractivity contribution in [2.45, 2.75) is 19.3 Å². The largest absolute Gasteiger partial charge is 0.310 e. The van der Waals surface area contributed by atoms with Crippen LogP contribution in [0.1, 0.15) is 29.2 Å². The Morgan fingerprint density at radius 3 is 2.86 bits per heavy atom. The number of nitro benzene ring substituents is 1. The summed E-state index contributed by atoms with van der Waals surface area (Å²) in [6, 6.07) is 14.2. The number of fused-ring (bicyclic) bond motifs is 2. The van der Waals surface area contributed by atoms with E-state index in [-0.39, 0.29) is 23.9 Å². The second-order valence-corrected chi connectivity index (χ2v) is 7.89. The maximum absolute atomic E-state index is 12.5. The van der Waals surface area contributed by atoms with Crippen LogP contribution in [-0.4, -0.2) is 25.6 Å². The summed E-state index contributed by atoms with van der Waals surface area (Å²) < 4.78 is 2.69. The fraction of sp³-hybridized carbons (Fsp3) is 0.150. The van der Waals surface area contributed by atoms with Crippen molar-refractivity contribution < 1.29 is 9.72 Å². The van der Waals surface area contributed by atoms with Gasteiger partial charge in [-0.25, -0.2) is 4.98 Å². The zero-order valence-corrected chi connectivity index (χ0v) is 16.1. The Labute approximate surface area is 169 Å². The van der Waals surface area contributed by atoms with Crippen LogP contribution in [0.2, 0.25) is 0 Å². The van der Waals surface area contributed by atoms with E-state index in [1.807, 2.05) is 37.3 Å². The molecular formula is C20H15N5O3S. The summed E-state index contributed by atoms with van der Waals surface area (Å²) in [5.41, 5.74) is 3.22. The molecule has 0 saturated heterocycles. The Morgan fingerprint density at radius 2 is 2.07 bits per heavy atom. The van der Waals surface area contributed by atoms with Crippen LogP contribution in [0.5, 0.6) is 0 Å². The van der Waals surface area contributed by atoms with Gasteiger partial charge < -0.3 is 5.32 Å². The Kier molecular flexibility index (Phi) is 3.92. The van der Waals surface area contributed by atoms with Gasteiger partial charge in [0.15, 0.2) is 0 Å². The van der Waals surface area contributed by atoms with Gasteiger partial charge in [-0.2, -0.15) is 9.78 Å². The molecule has 2 aromatic heterocycles. The van der Waals surface area contributed by atoms with E-state index in [2.05, 4.69) is 15.4 Å². The van der Waals surface area contributed by atoms with Crippen LogP contribution in [0.4, 0.5) is 11.5 Å². The van der Waals surface area contributed by atoms with Gasteiger partial charge in [0.1, 0.15) is 5.82 Å². The number of nitrogens with zero attached hydrogens (tertiary/aromatic N) is 4. The molecule has 1 aliphatic heterocycles. The first-order chi connectivity index (χ1) is 14.0. The van der Waals surface area contributed by atoms with Crippen molar-refractivity contribution in [1.29, 1.82) is 0 Å². The Bertz CT molecular complexity index is 1260. The van der Waals surface area contributed by atoms with Gasteiger partial charge in [0.25, 0.3) is 5.69 Å². The number of rotatable bonds is 3. The molecule has 1 N–H and O–H groups in total. The lowest BCUT2D eigenvalue weighted by atomic mass is 9.85. The van der Waals surface area contributed by atoms with E-state index in [9.17, 15) is 14.9 Å². The first-order valence-corrected chi connectivity index (χ1v) is 9.82.